The van der Waals surface area contributed by atoms with Crippen LogP contribution in [0.15, 0.2) is 24.3 Å². The molecule has 1 amide bonds. The SMILES string of the molecule is COc1ccccc1C1CC(NCCC(N)=O)C1. The fourth-order valence-corrected chi connectivity index (χ4v) is 2.44. The molecular formula is C14H20N2O2. The van der Waals surface area contributed by atoms with Crippen LogP contribution in [0.4, 0.5) is 0 Å². The van der Waals surface area contributed by atoms with Crippen molar-refractivity contribution < 1.29 is 9.53 Å². The average molecular weight is 248 g/mol. The molecule has 3 N–H and O–H groups in total. The summed E-state index contributed by atoms with van der Waals surface area (Å²) in [5, 5.41) is 3.35. The highest BCUT2D eigenvalue weighted by molar-refractivity contribution is 5.73. The van der Waals surface area contributed by atoms with Crippen molar-refractivity contribution in [1.82, 2.24) is 5.32 Å². The smallest absolute Gasteiger partial charge is 0.218 e. The molecule has 0 heterocycles. The fraction of sp³-hybridized carbons (Fsp3) is 0.500. The molecular weight excluding hydrogens is 228 g/mol. The standard InChI is InChI=1S/C14H20N2O2/c1-18-13-5-3-2-4-12(13)10-8-11(9-10)16-7-6-14(15)17/h2-5,10-11,16H,6-9H2,1H3,(H2,15,17). The molecule has 0 radical (unpaired) electrons. The van der Waals surface area contributed by atoms with E-state index in [1.807, 2.05) is 18.2 Å². The Hall–Kier alpha value is -1.55. The maximum Gasteiger partial charge on any atom is 0.218 e. The molecule has 18 heavy (non-hydrogen) atoms. The molecule has 4 heteroatoms. The highest BCUT2D eigenvalue weighted by Gasteiger charge is 2.31. The number of nitrogens with two attached hydrogens (primary N) is 1. The molecule has 98 valence electrons. The summed E-state index contributed by atoms with van der Waals surface area (Å²) in [5.41, 5.74) is 6.38. The van der Waals surface area contributed by atoms with E-state index in [1.165, 1.54) is 5.56 Å². The van der Waals surface area contributed by atoms with Crippen molar-refractivity contribution in [2.24, 2.45) is 5.73 Å². The molecule has 1 aliphatic rings. The summed E-state index contributed by atoms with van der Waals surface area (Å²) in [5.74, 6) is 1.29. The Balaban J connectivity index is 1.80. The van der Waals surface area contributed by atoms with Crippen LogP contribution in [-0.2, 0) is 4.79 Å². The predicted octanol–water partition coefficient (Wildman–Crippen LogP) is 1.41. The number of rotatable bonds is 6. The Morgan fingerprint density at radius 2 is 2.17 bits per heavy atom. The number of hydrogen-bond donors (Lipinski definition) is 2. The molecule has 1 aliphatic carbocycles. The summed E-state index contributed by atoms with van der Waals surface area (Å²) in [6.07, 6.45) is 2.61. The second-order valence-corrected chi connectivity index (χ2v) is 4.78. The number of ether oxygens (including phenoxy) is 1. The van der Waals surface area contributed by atoms with E-state index in [0.717, 1.165) is 18.6 Å². The van der Waals surface area contributed by atoms with Crippen LogP contribution in [0.1, 0.15) is 30.7 Å². The van der Waals surface area contributed by atoms with E-state index in [2.05, 4.69) is 11.4 Å². The second-order valence-electron chi connectivity index (χ2n) is 4.78. The van der Waals surface area contributed by atoms with Gasteiger partial charge in [-0.05, 0) is 30.4 Å². The van der Waals surface area contributed by atoms with E-state index in [4.69, 9.17) is 10.5 Å². The number of hydrogen-bond acceptors (Lipinski definition) is 3. The van der Waals surface area contributed by atoms with Gasteiger partial charge in [-0.25, -0.2) is 0 Å². The van der Waals surface area contributed by atoms with Crippen molar-refractivity contribution in [3.05, 3.63) is 29.8 Å². The molecule has 1 aromatic carbocycles. The lowest BCUT2D eigenvalue weighted by molar-refractivity contribution is -0.117. The molecule has 1 aromatic rings. The minimum Gasteiger partial charge on any atom is -0.496 e. The molecule has 4 nitrogen and oxygen atoms in total. The molecule has 1 saturated carbocycles. The van der Waals surface area contributed by atoms with Crippen LogP contribution in [0, 0.1) is 0 Å². The first kappa shape index (κ1) is 12.9. The Labute approximate surface area is 108 Å². The van der Waals surface area contributed by atoms with Gasteiger partial charge in [0, 0.05) is 19.0 Å². The Bertz CT molecular complexity index is 414. The number of carbonyl (C=O) groups is 1. The summed E-state index contributed by atoms with van der Waals surface area (Å²) < 4.78 is 5.37. The largest absolute Gasteiger partial charge is 0.496 e. The molecule has 0 aliphatic heterocycles. The van der Waals surface area contributed by atoms with E-state index in [0.29, 0.717) is 24.9 Å². The molecule has 0 unspecified atom stereocenters. The molecule has 1 fully saturated rings. The van der Waals surface area contributed by atoms with E-state index in [-0.39, 0.29) is 5.91 Å². The zero-order valence-electron chi connectivity index (χ0n) is 10.7. The first-order valence-corrected chi connectivity index (χ1v) is 6.35. The topological polar surface area (TPSA) is 64.3 Å². The predicted molar refractivity (Wildman–Crippen MR) is 70.6 cm³/mol. The average Bonchev–Trinajstić information content (AvgIpc) is 2.32. The molecule has 0 aromatic heterocycles. The van der Waals surface area contributed by atoms with Crippen LogP contribution >= 0.6 is 0 Å². The first-order chi connectivity index (χ1) is 8.70. The van der Waals surface area contributed by atoms with Crippen LogP contribution < -0.4 is 15.8 Å². The van der Waals surface area contributed by atoms with Crippen molar-refractivity contribution >= 4 is 5.91 Å². The van der Waals surface area contributed by atoms with E-state index < -0.39 is 0 Å². The van der Waals surface area contributed by atoms with Crippen molar-refractivity contribution in [1.29, 1.82) is 0 Å². The van der Waals surface area contributed by atoms with Crippen molar-refractivity contribution in [3.63, 3.8) is 0 Å². The zero-order chi connectivity index (χ0) is 13.0. The van der Waals surface area contributed by atoms with Crippen LogP contribution in [0.3, 0.4) is 0 Å². The lowest BCUT2D eigenvalue weighted by Crippen LogP contribution is -2.41. The Kier molecular flexibility index (Phi) is 4.20. The number of methoxy groups -OCH3 is 1. The van der Waals surface area contributed by atoms with Gasteiger partial charge in [0.15, 0.2) is 0 Å². The fourth-order valence-electron chi connectivity index (χ4n) is 2.44. The second kappa shape index (κ2) is 5.87. The summed E-state index contributed by atoms with van der Waals surface area (Å²) in [6, 6.07) is 8.67. The Morgan fingerprint density at radius 3 is 2.83 bits per heavy atom. The number of nitrogens with one attached hydrogen (secondary N) is 1. The van der Waals surface area contributed by atoms with Gasteiger partial charge in [0.25, 0.3) is 0 Å². The van der Waals surface area contributed by atoms with E-state index in [9.17, 15) is 4.79 Å². The maximum absolute atomic E-state index is 10.6. The first-order valence-electron chi connectivity index (χ1n) is 6.35. The highest BCUT2D eigenvalue weighted by atomic mass is 16.5. The lowest BCUT2D eigenvalue weighted by Gasteiger charge is -2.37. The number of para-hydroxylation sites is 1. The molecule has 0 saturated heterocycles. The van der Waals surface area contributed by atoms with Crippen LogP contribution in [0.25, 0.3) is 0 Å². The number of benzene rings is 1. The minimum absolute atomic E-state index is 0.247. The number of carbonyl (C=O) groups excluding carboxylic acids is 1. The molecule has 0 bridgehead atoms. The normalized spacial score (nSPS) is 22.3. The van der Waals surface area contributed by atoms with Gasteiger partial charge < -0.3 is 15.8 Å². The van der Waals surface area contributed by atoms with Crippen LogP contribution in [-0.4, -0.2) is 25.6 Å². The third kappa shape index (κ3) is 3.01. The van der Waals surface area contributed by atoms with Crippen LogP contribution in [0.5, 0.6) is 5.75 Å². The monoisotopic (exact) mass is 248 g/mol. The Morgan fingerprint density at radius 1 is 1.44 bits per heavy atom. The van der Waals surface area contributed by atoms with Gasteiger partial charge in [0.2, 0.25) is 5.91 Å². The van der Waals surface area contributed by atoms with E-state index >= 15 is 0 Å². The minimum atomic E-state index is -0.247. The van der Waals surface area contributed by atoms with Crippen molar-refractivity contribution in [3.8, 4) is 5.75 Å². The van der Waals surface area contributed by atoms with Crippen LogP contribution in [0.2, 0.25) is 0 Å². The van der Waals surface area contributed by atoms with Gasteiger partial charge in [-0.1, -0.05) is 18.2 Å². The van der Waals surface area contributed by atoms with Crippen molar-refractivity contribution in [2.45, 2.75) is 31.2 Å². The molecule has 0 spiro atoms. The third-order valence-corrected chi connectivity index (χ3v) is 3.52. The maximum atomic E-state index is 10.6. The van der Waals surface area contributed by atoms with E-state index in [1.54, 1.807) is 7.11 Å². The number of amides is 1. The van der Waals surface area contributed by atoms with Gasteiger partial charge in [-0.2, -0.15) is 0 Å². The highest BCUT2D eigenvalue weighted by Crippen LogP contribution is 2.40. The number of primary amides is 1. The summed E-state index contributed by atoms with van der Waals surface area (Å²) in [4.78, 5) is 10.6. The lowest BCUT2D eigenvalue weighted by atomic mass is 9.75. The van der Waals surface area contributed by atoms with Gasteiger partial charge in [0.05, 0.1) is 7.11 Å². The van der Waals surface area contributed by atoms with Gasteiger partial charge in [0.1, 0.15) is 5.75 Å². The van der Waals surface area contributed by atoms with Gasteiger partial charge in [-0.3, -0.25) is 4.79 Å². The summed E-state index contributed by atoms with van der Waals surface area (Å²) >= 11 is 0. The quantitative estimate of drug-likeness (QED) is 0.800. The molecule has 0 atom stereocenters. The van der Waals surface area contributed by atoms with Gasteiger partial charge >= 0.3 is 0 Å². The zero-order valence-corrected chi connectivity index (χ0v) is 10.7. The summed E-state index contributed by atoms with van der Waals surface area (Å²) in [6.45, 7) is 0.679. The summed E-state index contributed by atoms with van der Waals surface area (Å²) in [7, 11) is 1.71. The van der Waals surface area contributed by atoms with Crippen molar-refractivity contribution in [2.75, 3.05) is 13.7 Å². The molecule has 2 rings (SSSR count). The third-order valence-electron chi connectivity index (χ3n) is 3.52. The van der Waals surface area contributed by atoms with Gasteiger partial charge in [-0.15, -0.1) is 0 Å².